The number of fused-ring (bicyclic) bond motifs is 2. The molecule has 0 unspecified atom stereocenters. The van der Waals surface area contributed by atoms with Gasteiger partial charge in [0.15, 0.2) is 0 Å². The Morgan fingerprint density at radius 2 is 1.95 bits per heavy atom. The van der Waals surface area contributed by atoms with Gasteiger partial charge in [0.05, 0.1) is 17.2 Å². The Labute approximate surface area is 232 Å². The van der Waals surface area contributed by atoms with Gasteiger partial charge in [0.1, 0.15) is 11.2 Å². The fourth-order valence-electron chi connectivity index (χ4n) is 5.90. The molecule has 0 bridgehead atoms. The Hall–Kier alpha value is -2.23. The van der Waals surface area contributed by atoms with E-state index in [1.165, 1.54) is 12.1 Å². The first-order valence-electron chi connectivity index (χ1n) is 12.8. The molecule has 5 N–H and O–H groups in total. The van der Waals surface area contributed by atoms with Crippen molar-refractivity contribution in [2.24, 2.45) is 5.41 Å². The first-order chi connectivity index (χ1) is 17.9. The van der Waals surface area contributed by atoms with Crippen LogP contribution in [0.3, 0.4) is 0 Å². The monoisotopic (exact) mass is 565 g/mol. The average Bonchev–Trinajstić information content (AvgIpc) is 3.29. The van der Waals surface area contributed by atoms with E-state index in [1.807, 2.05) is 26.8 Å². The minimum atomic E-state index is -1.32. The smallest absolute Gasteiger partial charge is 0.237 e. The molecule has 4 rings (SSSR count). The molecule has 0 saturated carbocycles. The van der Waals surface area contributed by atoms with Crippen LogP contribution in [0.5, 0.6) is 0 Å². The maximum absolute atomic E-state index is 14.9. The normalized spacial score (nSPS) is 25.4. The number of amides is 2. The molecule has 2 aromatic rings. The second-order valence-electron chi connectivity index (χ2n) is 11.4. The third-order valence-corrected chi connectivity index (χ3v) is 7.95. The molecule has 38 heavy (non-hydrogen) atoms. The number of aliphatic hydroxyl groups excluding tert-OH is 2. The quantitative estimate of drug-likeness (QED) is 0.330. The molecule has 5 atom stereocenters. The second-order valence-corrected chi connectivity index (χ2v) is 12.2. The number of carbonyl (C=O) groups excluding carboxylic acids is 2. The van der Waals surface area contributed by atoms with Gasteiger partial charge in [0.25, 0.3) is 0 Å². The third kappa shape index (κ3) is 5.42. The molecule has 1 saturated heterocycles. The third-order valence-electron chi connectivity index (χ3n) is 7.43. The molecular formula is C28H34Cl2FN3O4. The summed E-state index contributed by atoms with van der Waals surface area (Å²) in [7, 11) is 0. The van der Waals surface area contributed by atoms with Gasteiger partial charge in [0.2, 0.25) is 11.8 Å². The maximum atomic E-state index is 14.9. The molecule has 2 aromatic carbocycles. The highest BCUT2D eigenvalue weighted by atomic mass is 35.5. The fourth-order valence-corrected chi connectivity index (χ4v) is 6.26. The average molecular weight is 567 g/mol. The van der Waals surface area contributed by atoms with Crippen molar-refractivity contribution in [3.8, 4) is 0 Å². The van der Waals surface area contributed by atoms with Gasteiger partial charge in [-0.15, -0.1) is 0 Å². The predicted molar refractivity (Wildman–Crippen MR) is 146 cm³/mol. The summed E-state index contributed by atoms with van der Waals surface area (Å²) < 4.78 is 14.9. The maximum Gasteiger partial charge on any atom is 0.237 e. The van der Waals surface area contributed by atoms with Crippen LogP contribution < -0.4 is 16.0 Å². The number of benzene rings is 2. The van der Waals surface area contributed by atoms with E-state index >= 15 is 0 Å². The number of rotatable bonds is 8. The molecule has 7 nitrogen and oxygen atoms in total. The van der Waals surface area contributed by atoms with E-state index in [-0.39, 0.29) is 48.2 Å². The van der Waals surface area contributed by atoms with Crippen LogP contribution in [0.25, 0.3) is 0 Å². The number of carbonyl (C=O) groups is 2. The van der Waals surface area contributed by atoms with E-state index < -0.39 is 35.3 Å². The molecule has 0 radical (unpaired) electrons. The number of anilines is 1. The summed E-state index contributed by atoms with van der Waals surface area (Å²) in [6, 6.07) is 8.37. The Morgan fingerprint density at radius 3 is 2.61 bits per heavy atom. The van der Waals surface area contributed by atoms with Gasteiger partial charge in [-0.25, -0.2) is 4.39 Å². The van der Waals surface area contributed by atoms with E-state index in [9.17, 15) is 19.1 Å². The molecule has 2 aliphatic heterocycles. The van der Waals surface area contributed by atoms with Gasteiger partial charge in [-0.2, -0.15) is 0 Å². The lowest BCUT2D eigenvalue weighted by atomic mass is 9.62. The number of hydrogen-bond donors (Lipinski definition) is 5. The van der Waals surface area contributed by atoms with E-state index in [0.717, 1.165) is 0 Å². The highest BCUT2D eigenvalue weighted by Gasteiger charge is 2.65. The standard InChI is InChI=1S/C28H34Cl2FN3O4/c1-27(2,3)14-22-28(18-12-20(31)19(30)13-21(18)33-26(28)38)23(15-5-4-6-16(29)11-15)24(34-22)25(37)32-9-7-17(36)8-10-35/h4-6,11-13,17,22-24,34-36H,7-10,14H2,1-3H3,(H,32,37)(H,33,38)/t17-,22+,23-,24+,28-/m0/s1. The van der Waals surface area contributed by atoms with Crippen LogP contribution in [0.2, 0.25) is 10.0 Å². The van der Waals surface area contributed by atoms with Crippen molar-refractivity contribution in [1.29, 1.82) is 0 Å². The van der Waals surface area contributed by atoms with Crippen LogP contribution >= 0.6 is 23.2 Å². The molecule has 206 valence electrons. The summed E-state index contributed by atoms with van der Waals surface area (Å²) in [5.74, 6) is -2.06. The Balaban J connectivity index is 1.85. The molecule has 10 heteroatoms. The van der Waals surface area contributed by atoms with E-state index in [1.54, 1.807) is 18.2 Å². The predicted octanol–water partition coefficient (Wildman–Crippen LogP) is 4.13. The van der Waals surface area contributed by atoms with Crippen LogP contribution in [-0.2, 0) is 15.0 Å². The lowest BCUT2D eigenvalue weighted by Crippen LogP contribution is -2.49. The van der Waals surface area contributed by atoms with E-state index in [0.29, 0.717) is 28.3 Å². The van der Waals surface area contributed by atoms with E-state index in [2.05, 4.69) is 16.0 Å². The van der Waals surface area contributed by atoms with Crippen molar-refractivity contribution >= 4 is 40.7 Å². The summed E-state index contributed by atoms with van der Waals surface area (Å²) in [6.45, 7) is 6.17. The van der Waals surface area contributed by atoms with Gasteiger partial charge in [-0.1, -0.05) is 56.1 Å². The lowest BCUT2D eigenvalue weighted by Gasteiger charge is -2.37. The van der Waals surface area contributed by atoms with Crippen molar-refractivity contribution in [2.75, 3.05) is 18.5 Å². The molecule has 2 aliphatic rings. The fraction of sp³-hybridized carbons (Fsp3) is 0.500. The summed E-state index contributed by atoms with van der Waals surface area (Å²) in [4.78, 5) is 27.7. The Morgan fingerprint density at radius 1 is 1.21 bits per heavy atom. The summed E-state index contributed by atoms with van der Waals surface area (Å²) in [5, 5.41) is 28.6. The lowest BCUT2D eigenvalue weighted by molar-refractivity contribution is -0.123. The zero-order valence-corrected chi connectivity index (χ0v) is 23.2. The zero-order chi connectivity index (χ0) is 27.8. The molecule has 2 amide bonds. The highest BCUT2D eigenvalue weighted by molar-refractivity contribution is 6.31. The molecular weight excluding hydrogens is 532 g/mol. The van der Waals surface area contributed by atoms with Gasteiger partial charge >= 0.3 is 0 Å². The van der Waals surface area contributed by atoms with Gasteiger partial charge in [0, 0.05) is 35.8 Å². The molecule has 1 spiro atoms. The van der Waals surface area contributed by atoms with Gasteiger partial charge in [-0.3, -0.25) is 9.59 Å². The van der Waals surface area contributed by atoms with Crippen LogP contribution in [-0.4, -0.2) is 53.4 Å². The van der Waals surface area contributed by atoms with Crippen LogP contribution in [0.1, 0.15) is 57.1 Å². The number of halogens is 3. The van der Waals surface area contributed by atoms with Crippen molar-refractivity contribution < 1.29 is 24.2 Å². The van der Waals surface area contributed by atoms with Crippen LogP contribution in [0, 0.1) is 11.2 Å². The van der Waals surface area contributed by atoms with Crippen molar-refractivity contribution in [3.63, 3.8) is 0 Å². The minimum absolute atomic E-state index is 0.102. The SMILES string of the molecule is CC(C)(C)C[C@H]1N[C@@H](C(=O)NCC[C@H](O)CCO)[C@H](c2cccc(Cl)c2)[C@@]12C(=O)Nc1cc(Cl)c(F)cc12. The zero-order valence-electron chi connectivity index (χ0n) is 21.7. The van der Waals surface area contributed by atoms with Crippen molar-refractivity contribution in [3.05, 3.63) is 63.4 Å². The largest absolute Gasteiger partial charge is 0.396 e. The topological polar surface area (TPSA) is 111 Å². The van der Waals surface area contributed by atoms with E-state index in [4.69, 9.17) is 28.3 Å². The molecule has 0 aliphatic carbocycles. The van der Waals surface area contributed by atoms with Crippen molar-refractivity contribution in [1.82, 2.24) is 10.6 Å². The first kappa shape index (κ1) is 28.8. The molecule has 1 fully saturated rings. The summed E-state index contributed by atoms with van der Waals surface area (Å²) in [5.41, 5.74) is -0.0265. The second kappa shape index (κ2) is 11.1. The highest BCUT2D eigenvalue weighted by Crippen LogP contribution is 2.57. The Bertz CT molecular complexity index is 1220. The number of aliphatic hydroxyl groups is 2. The molecule has 2 heterocycles. The Kier molecular flexibility index (Phi) is 8.40. The van der Waals surface area contributed by atoms with Crippen LogP contribution in [0.4, 0.5) is 10.1 Å². The number of hydrogen-bond acceptors (Lipinski definition) is 5. The van der Waals surface area contributed by atoms with Gasteiger partial charge < -0.3 is 26.2 Å². The summed E-state index contributed by atoms with van der Waals surface area (Å²) >= 11 is 12.4. The van der Waals surface area contributed by atoms with Crippen LogP contribution in [0.15, 0.2) is 36.4 Å². The van der Waals surface area contributed by atoms with Crippen molar-refractivity contribution in [2.45, 2.75) is 69.6 Å². The minimum Gasteiger partial charge on any atom is -0.396 e. The first-order valence-corrected chi connectivity index (χ1v) is 13.5. The van der Waals surface area contributed by atoms with Gasteiger partial charge in [-0.05, 0) is 60.1 Å². The number of nitrogens with one attached hydrogen (secondary N) is 3. The molecule has 0 aromatic heterocycles. The summed E-state index contributed by atoms with van der Waals surface area (Å²) in [6.07, 6.45) is 0.246.